The quantitative estimate of drug-likeness (QED) is 0.794. The fourth-order valence-corrected chi connectivity index (χ4v) is 3.01. The average molecular weight is 316 g/mol. The van der Waals surface area contributed by atoms with E-state index in [9.17, 15) is 9.59 Å². The lowest BCUT2D eigenvalue weighted by molar-refractivity contribution is -0.121. The number of ketones is 1. The van der Waals surface area contributed by atoms with E-state index in [1.165, 1.54) is 0 Å². The molecule has 1 amide bonds. The maximum absolute atomic E-state index is 12.3. The van der Waals surface area contributed by atoms with Gasteiger partial charge >= 0.3 is 0 Å². The summed E-state index contributed by atoms with van der Waals surface area (Å²) in [5, 5.41) is 6.35. The van der Waals surface area contributed by atoms with Gasteiger partial charge in [-0.05, 0) is 56.8 Å². The van der Waals surface area contributed by atoms with Crippen LogP contribution in [0.3, 0.4) is 0 Å². The van der Waals surface area contributed by atoms with Gasteiger partial charge in [-0.1, -0.05) is 24.6 Å². The molecule has 1 saturated heterocycles. The van der Waals surface area contributed by atoms with Gasteiger partial charge in [-0.3, -0.25) is 9.59 Å². The number of piperidine rings is 1. The van der Waals surface area contributed by atoms with Crippen LogP contribution in [0.25, 0.3) is 0 Å². The Balaban J connectivity index is 1.79. The van der Waals surface area contributed by atoms with E-state index in [-0.39, 0.29) is 29.9 Å². The van der Waals surface area contributed by atoms with Gasteiger partial charge in [-0.25, -0.2) is 0 Å². The summed E-state index contributed by atoms with van der Waals surface area (Å²) in [6, 6.07) is 5.87. The number of carbonyl (C=O) groups excluding carboxylic acids is 2. The Hall–Kier alpha value is -1.68. The van der Waals surface area contributed by atoms with Crippen LogP contribution in [-0.4, -0.2) is 31.3 Å². The van der Waals surface area contributed by atoms with Gasteiger partial charge in [0.1, 0.15) is 0 Å². The van der Waals surface area contributed by atoms with Crippen LogP contribution in [0.4, 0.5) is 0 Å². The highest BCUT2D eigenvalue weighted by Crippen LogP contribution is 2.26. The zero-order valence-corrected chi connectivity index (χ0v) is 14.5. The van der Waals surface area contributed by atoms with Crippen molar-refractivity contribution in [1.29, 1.82) is 0 Å². The van der Waals surface area contributed by atoms with Gasteiger partial charge in [-0.2, -0.15) is 0 Å². The predicted octanol–water partition coefficient (Wildman–Crippen LogP) is 2.77. The van der Waals surface area contributed by atoms with Gasteiger partial charge in [0.15, 0.2) is 5.78 Å². The molecule has 0 saturated carbocycles. The van der Waals surface area contributed by atoms with Crippen LogP contribution in [0, 0.1) is 19.3 Å². The van der Waals surface area contributed by atoms with Crippen LogP contribution in [0.15, 0.2) is 18.2 Å². The van der Waals surface area contributed by atoms with Crippen LogP contribution in [0.2, 0.25) is 0 Å². The van der Waals surface area contributed by atoms with Gasteiger partial charge in [0.2, 0.25) is 5.91 Å². The molecule has 1 aliphatic rings. The minimum atomic E-state index is -0.0246. The predicted molar refractivity (Wildman–Crippen MR) is 92.7 cm³/mol. The number of rotatable bonds is 6. The van der Waals surface area contributed by atoms with E-state index in [2.05, 4.69) is 17.6 Å². The van der Waals surface area contributed by atoms with Crippen LogP contribution < -0.4 is 10.6 Å². The average Bonchev–Trinajstić information content (AvgIpc) is 2.53. The molecular formula is C19H28N2O2. The summed E-state index contributed by atoms with van der Waals surface area (Å²) in [5.74, 6) is 0.0258. The lowest BCUT2D eigenvalue weighted by atomic mass is 9.81. The van der Waals surface area contributed by atoms with Crippen molar-refractivity contribution in [3.8, 4) is 0 Å². The number of benzene rings is 1. The Morgan fingerprint density at radius 2 is 1.87 bits per heavy atom. The number of nitrogens with one attached hydrogen (secondary N) is 2. The molecule has 1 heterocycles. The summed E-state index contributed by atoms with van der Waals surface area (Å²) in [6.45, 7) is 8.85. The number of amides is 1. The van der Waals surface area contributed by atoms with Gasteiger partial charge in [0.25, 0.3) is 0 Å². The highest BCUT2D eigenvalue weighted by Gasteiger charge is 2.27. The summed E-state index contributed by atoms with van der Waals surface area (Å²) < 4.78 is 0. The molecule has 126 valence electrons. The van der Waals surface area contributed by atoms with Crippen molar-refractivity contribution in [3.63, 3.8) is 0 Å². The Bertz CT molecular complexity index is 575. The molecule has 0 unspecified atom stereocenters. The molecule has 0 aliphatic carbocycles. The molecule has 4 nitrogen and oxygen atoms in total. The van der Waals surface area contributed by atoms with Crippen LogP contribution in [0.1, 0.15) is 54.1 Å². The smallest absolute Gasteiger partial charge is 0.220 e. The summed E-state index contributed by atoms with van der Waals surface area (Å²) in [4.78, 5) is 24.3. The molecule has 1 aromatic carbocycles. The Morgan fingerprint density at radius 1 is 1.17 bits per heavy atom. The molecular weight excluding hydrogens is 288 g/mol. The van der Waals surface area contributed by atoms with Crippen LogP contribution in [-0.2, 0) is 4.79 Å². The Kier molecular flexibility index (Phi) is 5.94. The van der Waals surface area contributed by atoms with Crippen molar-refractivity contribution in [3.05, 3.63) is 34.9 Å². The second-order valence-electron chi connectivity index (χ2n) is 7.08. The molecule has 23 heavy (non-hydrogen) atoms. The summed E-state index contributed by atoms with van der Waals surface area (Å²) in [6.07, 6.45) is 2.69. The molecule has 0 atom stereocenters. The topological polar surface area (TPSA) is 58.2 Å². The van der Waals surface area contributed by atoms with Crippen LogP contribution >= 0.6 is 0 Å². The monoisotopic (exact) mass is 316 g/mol. The zero-order chi connectivity index (χ0) is 16.9. The molecule has 1 aliphatic heterocycles. The SMILES string of the molecule is Cc1ccc(C)c(C(=O)CCC(=O)NCC2(C)CCNCC2)c1. The number of aryl methyl sites for hydroxylation is 2. The van der Waals surface area contributed by atoms with Gasteiger partial charge < -0.3 is 10.6 Å². The third-order valence-corrected chi connectivity index (χ3v) is 4.80. The van der Waals surface area contributed by atoms with E-state index >= 15 is 0 Å². The molecule has 1 aromatic rings. The van der Waals surface area contributed by atoms with E-state index in [4.69, 9.17) is 0 Å². The third kappa shape index (κ3) is 5.17. The van der Waals surface area contributed by atoms with Gasteiger partial charge in [-0.15, -0.1) is 0 Å². The largest absolute Gasteiger partial charge is 0.356 e. The highest BCUT2D eigenvalue weighted by atomic mass is 16.2. The van der Waals surface area contributed by atoms with Crippen molar-refractivity contribution in [2.24, 2.45) is 5.41 Å². The Morgan fingerprint density at radius 3 is 2.57 bits per heavy atom. The van der Waals surface area contributed by atoms with Crippen molar-refractivity contribution in [1.82, 2.24) is 10.6 Å². The number of carbonyl (C=O) groups is 2. The molecule has 0 aromatic heterocycles. The number of Topliss-reactive ketones (excluding diaryl/α,β-unsaturated/α-hetero) is 1. The van der Waals surface area contributed by atoms with Crippen LogP contribution in [0.5, 0.6) is 0 Å². The molecule has 0 radical (unpaired) electrons. The van der Waals surface area contributed by atoms with E-state index in [1.54, 1.807) is 0 Å². The lowest BCUT2D eigenvalue weighted by Gasteiger charge is -2.34. The minimum absolute atomic E-state index is 0.0246. The molecule has 2 N–H and O–H groups in total. The second-order valence-corrected chi connectivity index (χ2v) is 7.08. The first-order valence-electron chi connectivity index (χ1n) is 8.47. The van der Waals surface area contributed by atoms with E-state index in [0.717, 1.165) is 42.6 Å². The normalized spacial score (nSPS) is 16.8. The van der Waals surface area contributed by atoms with Gasteiger partial charge in [0.05, 0.1) is 0 Å². The Labute approximate surface area is 139 Å². The maximum atomic E-state index is 12.3. The zero-order valence-electron chi connectivity index (χ0n) is 14.5. The van der Waals surface area contributed by atoms with Crippen molar-refractivity contribution >= 4 is 11.7 Å². The molecule has 4 heteroatoms. The van der Waals surface area contributed by atoms with Crippen molar-refractivity contribution in [2.45, 2.75) is 46.5 Å². The van der Waals surface area contributed by atoms with E-state index < -0.39 is 0 Å². The first kappa shape index (κ1) is 17.7. The summed E-state index contributed by atoms with van der Waals surface area (Å²) in [7, 11) is 0. The summed E-state index contributed by atoms with van der Waals surface area (Å²) >= 11 is 0. The number of hydrogen-bond acceptors (Lipinski definition) is 3. The van der Waals surface area contributed by atoms with E-state index in [0.29, 0.717) is 6.54 Å². The maximum Gasteiger partial charge on any atom is 0.220 e. The first-order valence-corrected chi connectivity index (χ1v) is 8.47. The fourth-order valence-electron chi connectivity index (χ4n) is 3.01. The van der Waals surface area contributed by atoms with E-state index in [1.807, 2.05) is 32.0 Å². The standard InChI is InChI=1S/C19H28N2O2/c1-14-4-5-15(2)16(12-14)17(22)6-7-18(23)21-13-19(3)8-10-20-11-9-19/h4-5,12,20H,6-11,13H2,1-3H3,(H,21,23). The highest BCUT2D eigenvalue weighted by molar-refractivity contribution is 5.99. The van der Waals surface area contributed by atoms with Crippen molar-refractivity contribution in [2.75, 3.05) is 19.6 Å². The molecule has 2 rings (SSSR count). The number of hydrogen-bond donors (Lipinski definition) is 2. The summed E-state index contributed by atoms with van der Waals surface area (Å²) in [5.41, 5.74) is 2.96. The third-order valence-electron chi connectivity index (χ3n) is 4.80. The molecule has 0 bridgehead atoms. The minimum Gasteiger partial charge on any atom is -0.356 e. The van der Waals surface area contributed by atoms with Crippen molar-refractivity contribution < 1.29 is 9.59 Å². The lowest BCUT2D eigenvalue weighted by Crippen LogP contribution is -2.42. The first-order chi connectivity index (χ1) is 10.9. The molecule has 1 fully saturated rings. The molecule has 0 spiro atoms. The van der Waals surface area contributed by atoms with Gasteiger partial charge in [0, 0.05) is 24.9 Å². The second kappa shape index (κ2) is 7.73. The fraction of sp³-hybridized carbons (Fsp3) is 0.579.